The van der Waals surface area contributed by atoms with Crippen molar-refractivity contribution in [2.45, 2.75) is 26.2 Å². The molecular formula is C20H28N4OS. The van der Waals surface area contributed by atoms with Crippen LogP contribution < -0.4 is 16.0 Å². The summed E-state index contributed by atoms with van der Waals surface area (Å²) in [5.74, 6) is 1.18. The van der Waals surface area contributed by atoms with Gasteiger partial charge in [-0.05, 0) is 36.3 Å². The van der Waals surface area contributed by atoms with Gasteiger partial charge in [0.2, 0.25) is 0 Å². The molecule has 2 rings (SSSR count). The molecule has 0 saturated carbocycles. The monoisotopic (exact) mass is 372 g/mol. The largest absolute Gasteiger partial charge is 0.356 e. The van der Waals surface area contributed by atoms with E-state index in [-0.39, 0.29) is 5.91 Å². The van der Waals surface area contributed by atoms with Gasteiger partial charge in [0.1, 0.15) is 0 Å². The highest BCUT2D eigenvalue weighted by Crippen LogP contribution is 2.15. The maximum atomic E-state index is 11.8. The molecule has 0 spiro atoms. The third kappa shape index (κ3) is 6.52. The van der Waals surface area contributed by atoms with Crippen molar-refractivity contribution < 1.29 is 4.79 Å². The summed E-state index contributed by atoms with van der Waals surface area (Å²) >= 11 is 1.45. The van der Waals surface area contributed by atoms with Crippen molar-refractivity contribution in [1.29, 1.82) is 0 Å². The number of nitrogens with one attached hydrogen (secondary N) is 3. The Morgan fingerprint density at radius 3 is 2.65 bits per heavy atom. The van der Waals surface area contributed by atoms with E-state index >= 15 is 0 Å². The summed E-state index contributed by atoms with van der Waals surface area (Å²) in [6.07, 6.45) is 0.839. The van der Waals surface area contributed by atoms with Crippen molar-refractivity contribution in [3.63, 3.8) is 0 Å². The number of rotatable bonds is 8. The van der Waals surface area contributed by atoms with Gasteiger partial charge in [-0.2, -0.15) is 0 Å². The molecule has 1 aromatic carbocycles. The number of carbonyl (C=O) groups excluding carboxylic acids is 1. The molecule has 140 valence electrons. The maximum absolute atomic E-state index is 11.8. The number of thiophene rings is 1. The zero-order chi connectivity index (χ0) is 18.8. The first-order valence-electron chi connectivity index (χ1n) is 8.93. The summed E-state index contributed by atoms with van der Waals surface area (Å²) in [5, 5.41) is 11.5. The highest BCUT2D eigenvalue weighted by Gasteiger charge is 2.07. The van der Waals surface area contributed by atoms with Crippen LogP contribution in [0.4, 0.5) is 0 Å². The molecule has 2 aromatic rings. The molecule has 6 heteroatoms. The molecule has 3 N–H and O–H groups in total. The molecule has 1 atom stereocenters. The van der Waals surface area contributed by atoms with Crippen molar-refractivity contribution in [1.82, 2.24) is 16.0 Å². The molecule has 1 unspecified atom stereocenters. The van der Waals surface area contributed by atoms with Crippen LogP contribution in [0.5, 0.6) is 0 Å². The van der Waals surface area contributed by atoms with Gasteiger partial charge in [0.05, 0.1) is 4.88 Å². The minimum Gasteiger partial charge on any atom is -0.356 e. The second-order valence-electron chi connectivity index (χ2n) is 6.28. The van der Waals surface area contributed by atoms with Gasteiger partial charge in [-0.25, -0.2) is 0 Å². The fourth-order valence-electron chi connectivity index (χ4n) is 2.56. The van der Waals surface area contributed by atoms with Gasteiger partial charge < -0.3 is 16.0 Å². The van der Waals surface area contributed by atoms with Crippen LogP contribution in [0.1, 0.15) is 40.1 Å². The minimum absolute atomic E-state index is 0.00511. The number of benzene rings is 1. The lowest BCUT2D eigenvalue weighted by Crippen LogP contribution is -2.40. The van der Waals surface area contributed by atoms with Gasteiger partial charge in [0.25, 0.3) is 5.91 Å². The molecule has 0 aliphatic rings. The number of amides is 1. The summed E-state index contributed by atoms with van der Waals surface area (Å²) in [7, 11) is 1.77. The number of aliphatic imine (C=N–C) groups is 1. The quantitative estimate of drug-likeness (QED) is 0.379. The summed E-state index contributed by atoms with van der Waals surface area (Å²) in [6, 6.07) is 12.3. The van der Waals surface area contributed by atoms with Gasteiger partial charge in [-0.15, -0.1) is 11.3 Å². The van der Waals surface area contributed by atoms with Gasteiger partial charge in [-0.3, -0.25) is 9.79 Å². The van der Waals surface area contributed by atoms with E-state index in [1.165, 1.54) is 22.5 Å². The Balaban J connectivity index is 1.64. The molecule has 1 aromatic heterocycles. The third-order valence-corrected chi connectivity index (χ3v) is 4.96. The van der Waals surface area contributed by atoms with Crippen molar-refractivity contribution in [3.05, 3.63) is 57.8 Å². The molecule has 5 nitrogen and oxygen atoms in total. The number of nitrogens with zero attached hydrogens (tertiary/aromatic N) is 1. The van der Waals surface area contributed by atoms with Crippen LogP contribution in [0.15, 0.2) is 46.8 Å². The number of hydrogen-bond acceptors (Lipinski definition) is 3. The van der Waals surface area contributed by atoms with Crippen molar-refractivity contribution >= 4 is 23.2 Å². The fraction of sp³-hybridized carbons (Fsp3) is 0.400. The predicted molar refractivity (Wildman–Crippen MR) is 110 cm³/mol. The van der Waals surface area contributed by atoms with Crippen LogP contribution in [-0.2, 0) is 0 Å². The zero-order valence-electron chi connectivity index (χ0n) is 15.7. The Bertz CT molecular complexity index is 712. The SMILES string of the molecule is CN=C(NCCCNC(=O)c1cccs1)NCC(C)c1cccc(C)c1. The van der Waals surface area contributed by atoms with E-state index < -0.39 is 0 Å². The van der Waals surface area contributed by atoms with Gasteiger partial charge in [0.15, 0.2) is 5.96 Å². The Morgan fingerprint density at radius 1 is 1.15 bits per heavy atom. The minimum atomic E-state index is -0.00511. The highest BCUT2D eigenvalue weighted by atomic mass is 32.1. The van der Waals surface area contributed by atoms with Gasteiger partial charge in [0, 0.05) is 26.7 Å². The Morgan fingerprint density at radius 2 is 1.96 bits per heavy atom. The second-order valence-corrected chi connectivity index (χ2v) is 7.23. The average molecular weight is 373 g/mol. The fourth-order valence-corrected chi connectivity index (χ4v) is 3.20. The highest BCUT2D eigenvalue weighted by molar-refractivity contribution is 7.12. The van der Waals surface area contributed by atoms with E-state index in [2.05, 4.69) is 59.1 Å². The molecule has 0 aliphatic carbocycles. The van der Waals surface area contributed by atoms with Crippen LogP contribution in [0, 0.1) is 6.92 Å². The summed E-state index contributed by atoms with van der Waals surface area (Å²) in [4.78, 5) is 16.8. The van der Waals surface area contributed by atoms with E-state index in [1.807, 2.05) is 17.5 Å². The topological polar surface area (TPSA) is 65.5 Å². The molecular weight excluding hydrogens is 344 g/mol. The van der Waals surface area contributed by atoms with Crippen LogP contribution in [0.25, 0.3) is 0 Å². The zero-order valence-corrected chi connectivity index (χ0v) is 16.5. The smallest absolute Gasteiger partial charge is 0.261 e. The van der Waals surface area contributed by atoms with Crippen LogP contribution in [-0.4, -0.2) is 38.5 Å². The van der Waals surface area contributed by atoms with E-state index in [0.717, 1.165) is 30.3 Å². The third-order valence-electron chi connectivity index (χ3n) is 4.09. The summed E-state index contributed by atoms with van der Waals surface area (Å²) in [6.45, 7) is 6.53. The molecule has 0 bridgehead atoms. The number of carbonyl (C=O) groups is 1. The van der Waals surface area contributed by atoms with Gasteiger partial charge >= 0.3 is 0 Å². The van der Waals surface area contributed by atoms with Crippen molar-refractivity contribution in [2.75, 3.05) is 26.7 Å². The first-order valence-corrected chi connectivity index (χ1v) is 9.81. The molecule has 0 saturated heterocycles. The number of aryl methyl sites for hydroxylation is 1. The van der Waals surface area contributed by atoms with Crippen LogP contribution in [0.2, 0.25) is 0 Å². The normalized spacial score (nSPS) is 12.5. The second kappa shape index (κ2) is 10.6. The van der Waals surface area contributed by atoms with Crippen molar-refractivity contribution in [3.8, 4) is 0 Å². The standard InChI is InChI=1S/C20H28N4OS/c1-15-7-4-8-17(13-15)16(2)14-24-20(21-3)23-11-6-10-22-19(25)18-9-5-12-26-18/h4-5,7-9,12-13,16H,6,10-11,14H2,1-3H3,(H,22,25)(H2,21,23,24). The Labute approximate surface area is 159 Å². The molecule has 1 amide bonds. The molecule has 0 aliphatic heterocycles. The lowest BCUT2D eigenvalue weighted by atomic mass is 9.99. The number of hydrogen-bond donors (Lipinski definition) is 3. The number of guanidine groups is 1. The first kappa shape index (κ1) is 20.0. The Kier molecular flexibility index (Phi) is 8.15. The average Bonchev–Trinajstić information content (AvgIpc) is 3.18. The van der Waals surface area contributed by atoms with E-state index in [0.29, 0.717) is 12.5 Å². The molecule has 26 heavy (non-hydrogen) atoms. The maximum Gasteiger partial charge on any atom is 0.261 e. The lowest BCUT2D eigenvalue weighted by Gasteiger charge is -2.17. The first-order chi connectivity index (χ1) is 12.6. The predicted octanol–water partition coefficient (Wildman–Crippen LogP) is 3.15. The summed E-state index contributed by atoms with van der Waals surface area (Å²) in [5.41, 5.74) is 2.60. The molecule has 0 radical (unpaired) electrons. The Hall–Kier alpha value is -2.34. The van der Waals surface area contributed by atoms with Crippen LogP contribution >= 0.6 is 11.3 Å². The summed E-state index contributed by atoms with van der Waals surface area (Å²) < 4.78 is 0. The van der Waals surface area contributed by atoms with E-state index in [1.54, 1.807) is 7.05 Å². The molecule has 0 fully saturated rings. The van der Waals surface area contributed by atoms with Crippen LogP contribution in [0.3, 0.4) is 0 Å². The lowest BCUT2D eigenvalue weighted by molar-refractivity contribution is 0.0957. The van der Waals surface area contributed by atoms with E-state index in [9.17, 15) is 4.79 Å². The van der Waals surface area contributed by atoms with Gasteiger partial charge in [-0.1, -0.05) is 42.8 Å². The van der Waals surface area contributed by atoms with Crippen molar-refractivity contribution in [2.24, 2.45) is 4.99 Å². The van der Waals surface area contributed by atoms with E-state index in [4.69, 9.17) is 0 Å². The molecule has 1 heterocycles.